The molecule has 5 nitrogen and oxygen atoms in total. The normalized spacial score (nSPS) is 17.0. The first-order chi connectivity index (χ1) is 11.4. The Labute approximate surface area is 139 Å². The summed E-state index contributed by atoms with van der Waals surface area (Å²) in [6, 6.07) is 1.00. The highest BCUT2D eigenvalue weighted by Crippen LogP contribution is 2.38. The molecule has 0 saturated heterocycles. The minimum absolute atomic E-state index is 0.145. The zero-order valence-corrected chi connectivity index (χ0v) is 13.6. The van der Waals surface area contributed by atoms with Crippen LogP contribution in [0.4, 0.5) is 17.6 Å². The Morgan fingerprint density at radius 2 is 1.64 bits per heavy atom. The van der Waals surface area contributed by atoms with Crippen LogP contribution in [-0.2, 0) is 25.6 Å². The van der Waals surface area contributed by atoms with Crippen molar-refractivity contribution in [3.8, 4) is 0 Å². The average Bonchev–Trinajstić information content (AvgIpc) is 2.43. The average molecular weight is 380 g/mol. The van der Waals surface area contributed by atoms with Gasteiger partial charge in [0.25, 0.3) is 0 Å². The molecule has 0 aromatic heterocycles. The lowest BCUT2D eigenvalue weighted by atomic mass is 9.80. The van der Waals surface area contributed by atoms with Gasteiger partial charge in [-0.05, 0) is 18.6 Å². The number of carbonyl (C=O) groups is 3. The second kappa shape index (κ2) is 6.32. The zero-order valence-electron chi connectivity index (χ0n) is 12.8. The molecule has 0 spiro atoms. The van der Waals surface area contributed by atoms with E-state index in [9.17, 15) is 40.4 Å². The molecule has 0 amide bonds. The molecule has 0 bridgehead atoms. The number of carbonyl (C=O) groups excluding carboxylic acids is 3. The van der Waals surface area contributed by atoms with Gasteiger partial charge in [0.15, 0.2) is 33.0 Å². The Morgan fingerprint density at radius 3 is 2.08 bits per heavy atom. The lowest BCUT2D eigenvalue weighted by Crippen LogP contribution is -2.36. The van der Waals surface area contributed by atoms with Crippen molar-refractivity contribution in [2.75, 3.05) is 6.26 Å². The first-order valence-electron chi connectivity index (χ1n) is 7.05. The second-order valence-corrected chi connectivity index (χ2v) is 7.64. The molecule has 0 aliphatic heterocycles. The fraction of sp³-hybridized carbons (Fsp3) is 0.400. The molecular weight excluding hydrogens is 368 g/mol. The van der Waals surface area contributed by atoms with E-state index in [2.05, 4.69) is 0 Å². The maximum Gasteiger partial charge on any atom is 0.419 e. The third-order valence-corrected chi connectivity index (χ3v) is 4.92. The Hall–Kier alpha value is -2.10. The van der Waals surface area contributed by atoms with E-state index in [4.69, 9.17) is 0 Å². The standard InChI is InChI=1S/C15H12F4O5S/c1-25(23,24)10-6-5-7(12(13(10)16)15(17,18)19)14(22)11-8(20)3-2-4-9(11)21/h5-6,11H,2-4H2,1H3. The number of hydrogen-bond donors (Lipinski definition) is 0. The molecule has 1 aromatic carbocycles. The predicted molar refractivity (Wildman–Crippen MR) is 76.2 cm³/mol. The van der Waals surface area contributed by atoms with Gasteiger partial charge in [-0.2, -0.15) is 13.2 Å². The Balaban J connectivity index is 2.69. The van der Waals surface area contributed by atoms with E-state index in [0.29, 0.717) is 18.4 Å². The molecule has 1 aromatic rings. The van der Waals surface area contributed by atoms with Gasteiger partial charge >= 0.3 is 6.18 Å². The molecule has 0 unspecified atom stereocenters. The highest BCUT2D eigenvalue weighted by molar-refractivity contribution is 7.90. The molecule has 25 heavy (non-hydrogen) atoms. The van der Waals surface area contributed by atoms with E-state index >= 15 is 0 Å². The van der Waals surface area contributed by atoms with Crippen molar-refractivity contribution >= 4 is 27.2 Å². The van der Waals surface area contributed by atoms with E-state index in [-0.39, 0.29) is 19.3 Å². The van der Waals surface area contributed by atoms with E-state index in [1.807, 2.05) is 0 Å². The van der Waals surface area contributed by atoms with Gasteiger partial charge in [-0.3, -0.25) is 14.4 Å². The quantitative estimate of drug-likeness (QED) is 0.457. The number of ketones is 3. The maximum atomic E-state index is 14.2. The van der Waals surface area contributed by atoms with Gasteiger partial charge in [0.1, 0.15) is 16.4 Å². The van der Waals surface area contributed by atoms with Crippen molar-refractivity contribution < 1.29 is 40.4 Å². The highest BCUT2D eigenvalue weighted by Gasteiger charge is 2.44. The molecule has 0 radical (unpaired) electrons. The lowest BCUT2D eigenvalue weighted by molar-refractivity contribution is -0.141. The van der Waals surface area contributed by atoms with Crippen LogP contribution in [0.1, 0.15) is 35.2 Å². The smallest absolute Gasteiger partial charge is 0.298 e. The van der Waals surface area contributed by atoms with E-state index < -0.39 is 61.1 Å². The van der Waals surface area contributed by atoms with Gasteiger partial charge in [-0.25, -0.2) is 12.8 Å². The van der Waals surface area contributed by atoms with Gasteiger partial charge in [0.2, 0.25) is 0 Å². The number of rotatable bonds is 3. The van der Waals surface area contributed by atoms with Crippen LogP contribution in [0.3, 0.4) is 0 Å². The van der Waals surface area contributed by atoms with Gasteiger partial charge in [-0.15, -0.1) is 0 Å². The van der Waals surface area contributed by atoms with Gasteiger partial charge in [-0.1, -0.05) is 0 Å². The Bertz CT molecular complexity index is 855. The SMILES string of the molecule is CS(=O)(=O)c1ccc(C(=O)C2C(=O)CCCC2=O)c(C(F)(F)F)c1F. The molecule has 136 valence electrons. The molecule has 1 saturated carbocycles. The van der Waals surface area contributed by atoms with E-state index in [1.54, 1.807) is 0 Å². The molecule has 2 rings (SSSR count). The van der Waals surface area contributed by atoms with Crippen molar-refractivity contribution in [1.82, 2.24) is 0 Å². The minimum atomic E-state index is -5.39. The monoisotopic (exact) mass is 380 g/mol. The summed E-state index contributed by atoms with van der Waals surface area (Å²) in [5.74, 6) is -7.18. The molecule has 1 aliphatic carbocycles. The van der Waals surface area contributed by atoms with E-state index in [1.165, 1.54) is 0 Å². The highest BCUT2D eigenvalue weighted by atomic mass is 32.2. The molecule has 1 fully saturated rings. The van der Waals surface area contributed by atoms with Gasteiger partial charge < -0.3 is 0 Å². The van der Waals surface area contributed by atoms with Crippen LogP contribution in [0.15, 0.2) is 17.0 Å². The summed E-state index contributed by atoms with van der Waals surface area (Å²) >= 11 is 0. The van der Waals surface area contributed by atoms with Crippen LogP contribution in [0.5, 0.6) is 0 Å². The van der Waals surface area contributed by atoms with Crippen LogP contribution >= 0.6 is 0 Å². The zero-order chi connectivity index (χ0) is 19.2. The summed E-state index contributed by atoms with van der Waals surface area (Å²) in [7, 11) is -4.33. The minimum Gasteiger partial charge on any atom is -0.298 e. The number of alkyl halides is 3. The largest absolute Gasteiger partial charge is 0.419 e. The van der Waals surface area contributed by atoms with Crippen LogP contribution in [0, 0.1) is 11.7 Å². The van der Waals surface area contributed by atoms with Crippen molar-refractivity contribution in [3.05, 3.63) is 29.1 Å². The second-order valence-electron chi connectivity index (χ2n) is 5.65. The molecule has 0 atom stereocenters. The summed E-state index contributed by atoms with van der Waals surface area (Å²) in [5.41, 5.74) is -3.32. The number of Topliss-reactive ketones (excluding diaryl/α,β-unsaturated/α-hetero) is 3. The number of sulfone groups is 1. The number of hydrogen-bond acceptors (Lipinski definition) is 5. The van der Waals surface area contributed by atoms with Crippen LogP contribution < -0.4 is 0 Å². The maximum absolute atomic E-state index is 14.2. The Kier molecular flexibility index (Phi) is 4.86. The third-order valence-electron chi connectivity index (χ3n) is 3.81. The third kappa shape index (κ3) is 3.63. The predicted octanol–water partition coefficient (Wildman–Crippen LogP) is 2.37. The van der Waals surface area contributed by atoms with Crippen LogP contribution in [0.25, 0.3) is 0 Å². The van der Waals surface area contributed by atoms with Crippen molar-refractivity contribution in [2.45, 2.75) is 30.3 Å². The van der Waals surface area contributed by atoms with E-state index in [0.717, 1.165) is 0 Å². The lowest BCUT2D eigenvalue weighted by Gasteiger charge is -2.21. The first-order valence-corrected chi connectivity index (χ1v) is 8.94. The van der Waals surface area contributed by atoms with Crippen molar-refractivity contribution in [2.24, 2.45) is 5.92 Å². The summed E-state index contributed by atoms with van der Waals surface area (Å²) < 4.78 is 76.8. The van der Waals surface area contributed by atoms with Gasteiger partial charge in [0, 0.05) is 24.7 Å². The molecular formula is C15H12F4O5S. The molecule has 1 aliphatic rings. The first kappa shape index (κ1) is 19.2. The van der Waals surface area contributed by atoms with Crippen LogP contribution in [-0.4, -0.2) is 32.0 Å². The van der Waals surface area contributed by atoms with Crippen LogP contribution in [0.2, 0.25) is 0 Å². The van der Waals surface area contributed by atoms with Crippen molar-refractivity contribution in [3.63, 3.8) is 0 Å². The summed E-state index contributed by atoms with van der Waals surface area (Å²) in [4.78, 5) is 34.7. The summed E-state index contributed by atoms with van der Waals surface area (Å²) in [6.45, 7) is 0. The number of benzene rings is 1. The molecule has 0 N–H and O–H groups in total. The molecule has 10 heteroatoms. The summed E-state index contributed by atoms with van der Waals surface area (Å²) in [5, 5.41) is 0. The summed E-state index contributed by atoms with van der Waals surface area (Å²) in [6.07, 6.45) is -4.98. The topological polar surface area (TPSA) is 85.3 Å². The Morgan fingerprint density at radius 1 is 1.12 bits per heavy atom. The van der Waals surface area contributed by atoms with Gasteiger partial charge in [0.05, 0.1) is 0 Å². The van der Waals surface area contributed by atoms with Crippen molar-refractivity contribution in [1.29, 1.82) is 0 Å². The fourth-order valence-electron chi connectivity index (χ4n) is 2.68. The number of halogens is 4. The fourth-order valence-corrected chi connectivity index (χ4v) is 3.42. The molecule has 0 heterocycles.